The average molecular weight is 504 g/mol. The van der Waals surface area contributed by atoms with Gasteiger partial charge in [-0.15, -0.1) is 11.8 Å². The number of rotatable bonds is 7. The van der Waals surface area contributed by atoms with Gasteiger partial charge in [0.25, 0.3) is 0 Å². The first-order valence-corrected chi connectivity index (χ1v) is 13.8. The van der Waals surface area contributed by atoms with Gasteiger partial charge in [-0.1, -0.05) is 19.1 Å². The number of amides is 2. The van der Waals surface area contributed by atoms with Crippen molar-refractivity contribution in [3.05, 3.63) is 42.5 Å². The fourth-order valence-electron chi connectivity index (χ4n) is 4.09. The van der Waals surface area contributed by atoms with Gasteiger partial charge in [0, 0.05) is 29.7 Å². The quantitative estimate of drug-likeness (QED) is 0.621. The van der Waals surface area contributed by atoms with Crippen LogP contribution in [-0.2, 0) is 19.6 Å². The molecule has 0 saturated carbocycles. The van der Waals surface area contributed by atoms with E-state index in [1.165, 1.54) is 27.0 Å². The Balaban J connectivity index is 1.64. The van der Waals surface area contributed by atoms with Crippen LogP contribution in [0.25, 0.3) is 0 Å². The van der Waals surface area contributed by atoms with Crippen LogP contribution in [0.5, 0.6) is 5.75 Å². The molecule has 0 bridgehead atoms. The van der Waals surface area contributed by atoms with Crippen LogP contribution in [0.1, 0.15) is 26.7 Å². The van der Waals surface area contributed by atoms with Crippen molar-refractivity contribution in [2.75, 3.05) is 42.2 Å². The molecule has 1 fully saturated rings. The molecule has 2 aromatic carbocycles. The monoisotopic (exact) mass is 503 g/mol. The van der Waals surface area contributed by atoms with Crippen molar-refractivity contribution in [2.24, 2.45) is 5.92 Å². The highest BCUT2D eigenvalue weighted by Gasteiger charge is 2.33. The Bertz CT molecular complexity index is 1180. The molecule has 1 unspecified atom stereocenters. The lowest BCUT2D eigenvalue weighted by Crippen LogP contribution is -2.41. The van der Waals surface area contributed by atoms with Crippen LogP contribution >= 0.6 is 11.8 Å². The second-order valence-corrected chi connectivity index (χ2v) is 11.4. The topological polar surface area (TPSA) is 96.0 Å². The van der Waals surface area contributed by atoms with Crippen LogP contribution in [0.3, 0.4) is 0 Å². The van der Waals surface area contributed by atoms with E-state index in [-0.39, 0.29) is 23.3 Å². The lowest BCUT2D eigenvalue weighted by molar-refractivity contribution is -0.123. The van der Waals surface area contributed by atoms with Gasteiger partial charge in [-0.25, -0.2) is 8.42 Å². The number of ether oxygens (including phenoxy) is 1. The average Bonchev–Trinajstić information content (AvgIpc) is 3.35. The Morgan fingerprint density at radius 3 is 2.65 bits per heavy atom. The maximum Gasteiger partial charge on any atom is 0.244 e. The minimum Gasteiger partial charge on any atom is -0.492 e. The van der Waals surface area contributed by atoms with Crippen LogP contribution in [0.4, 0.5) is 11.4 Å². The van der Waals surface area contributed by atoms with Gasteiger partial charge in [0.1, 0.15) is 12.3 Å². The van der Waals surface area contributed by atoms with E-state index in [1.807, 2.05) is 19.9 Å². The summed E-state index contributed by atoms with van der Waals surface area (Å²) in [5.41, 5.74) is 0.970. The summed E-state index contributed by atoms with van der Waals surface area (Å²) >= 11 is 1.49. The number of sulfonamides is 1. The van der Waals surface area contributed by atoms with Gasteiger partial charge in [0.2, 0.25) is 21.8 Å². The van der Waals surface area contributed by atoms with Crippen LogP contribution in [0.15, 0.2) is 52.3 Å². The highest BCUT2D eigenvalue weighted by Crippen LogP contribution is 2.38. The standard InChI is InChI=1S/C24H29N3O5S2/c1-3-32-21-9-5-4-8-19(21)25-23(28)15-27-20-14-18(34(30,31)26-12-6-7-13-26)10-11-22(20)33-16-17(2)24(27)29/h4-5,8-11,14,17H,3,6-7,12-13,15-16H2,1-2H3,(H,25,28). The normalized spacial score (nSPS) is 18.9. The summed E-state index contributed by atoms with van der Waals surface area (Å²) in [4.78, 5) is 28.6. The van der Waals surface area contributed by atoms with Gasteiger partial charge in [-0.05, 0) is 50.1 Å². The van der Waals surface area contributed by atoms with Gasteiger partial charge in [0.15, 0.2) is 0 Å². The number of benzene rings is 2. The number of nitrogens with one attached hydrogen (secondary N) is 1. The van der Waals surface area contributed by atoms with Crippen LogP contribution in [0.2, 0.25) is 0 Å². The number of nitrogens with zero attached hydrogens (tertiary/aromatic N) is 2. The number of hydrogen-bond donors (Lipinski definition) is 1. The van der Waals surface area contributed by atoms with Gasteiger partial charge < -0.3 is 15.0 Å². The summed E-state index contributed by atoms with van der Waals surface area (Å²) in [5.74, 6) is 0.173. The third kappa shape index (κ3) is 5.08. The molecule has 8 nitrogen and oxygen atoms in total. The van der Waals surface area contributed by atoms with E-state index in [4.69, 9.17) is 4.74 Å². The molecule has 2 amide bonds. The Kier molecular flexibility index (Phi) is 7.49. The molecule has 2 heterocycles. The van der Waals surface area contributed by atoms with Crippen molar-refractivity contribution in [1.82, 2.24) is 4.31 Å². The zero-order chi connectivity index (χ0) is 24.3. The minimum absolute atomic E-state index is 0.142. The zero-order valence-corrected chi connectivity index (χ0v) is 21.0. The highest BCUT2D eigenvalue weighted by molar-refractivity contribution is 7.99. The van der Waals surface area contributed by atoms with E-state index in [1.54, 1.807) is 30.3 Å². The largest absolute Gasteiger partial charge is 0.492 e. The fraction of sp³-hybridized carbons (Fsp3) is 0.417. The van der Waals surface area contributed by atoms with Crippen molar-refractivity contribution in [1.29, 1.82) is 0 Å². The first kappa shape index (κ1) is 24.6. The number of anilines is 2. The second kappa shape index (κ2) is 10.4. The first-order valence-electron chi connectivity index (χ1n) is 11.4. The number of hydrogen-bond acceptors (Lipinski definition) is 6. The molecule has 1 N–H and O–H groups in total. The van der Waals surface area contributed by atoms with Gasteiger partial charge in [-0.3, -0.25) is 9.59 Å². The molecule has 2 aliphatic rings. The van der Waals surface area contributed by atoms with Crippen molar-refractivity contribution in [3.8, 4) is 5.75 Å². The molecular weight excluding hydrogens is 474 g/mol. The Hall–Kier alpha value is -2.56. The number of para-hydroxylation sites is 2. The molecule has 0 spiro atoms. The fourth-order valence-corrected chi connectivity index (χ4v) is 6.68. The Morgan fingerprint density at radius 1 is 1.18 bits per heavy atom. The molecule has 34 heavy (non-hydrogen) atoms. The molecule has 1 saturated heterocycles. The molecule has 182 valence electrons. The molecule has 10 heteroatoms. The van der Waals surface area contributed by atoms with Crippen molar-refractivity contribution < 1.29 is 22.7 Å². The number of carbonyl (C=O) groups is 2. The molecule has 2 aliphatic heterocycles. The van der Waals surface area contributed by atoms with Crippen LogP contribution in [-0.4, -0.2) is 56.5 Å². The van der Waals surface area contributed by atoms with E-state index in [2.05, 4.69) is 5.32 Å². The molecular formula is C24H29N3O5S2. The maximum absolute atomic E-state index is 13.2. The SMILES string of the molecule is CCOc1ccccc1NC(=O)CN1C(=O)C(C)CSc2ccc(S(=O)(=O)N3CCCC3)cc21. The zero-order valence-electron chi connectivity index (χ0n) is 19.3. The van der Waals surface area contributed by atoms with Crippen LogP contribution < -0.4 is 15.0 Å². The molecule has 0 radical (unpaired) electrons. The summed E-state index contributed by atoms with van der Waals surface area (Å²) in [6.07, 6.45) is 1.68. The molecule has 2 aromatic rings. The number of thioether (sulfide) groups is 1. The van der Waals surface area contributed by atoms with E-state index >= 15 is 0 Å². The van der Waals surface area contributed by atoms with E-state index in [0.29, 0.717) is 42.6 Å². The van der Waals surface area contributed by atoms with E-state index in [9.17, 15) is 18.0 Å². The number of carbonyl (C=O) groups excluding carboxylic acids is 2. The summed E-state index contributed by atoms with van der Waals surface area (Å²) in [6.45, 7) is 4.89. The smallest absolute Gasteiger partial charge is 0.244 e. The van der Waals surface area contributed by atoms with Crippen molar-refractivity contribution >= 4 is 45.0 Å². The molecule has 0 aromatic heterocycles. The highest BCUT2D eigenvalue weighted by atomic mass is 32.2. The predicted molar refractivity (Wildman–Crippen MR) is 133 cm³/mol. The predicted octanol–water partition coefficient (Wildman–Crippen LogP) is 3.58. The Morgan fingerprint density at radius 2 is 1.91 bits per heavy atom. The van der Waals surface area contributed by atoms with Crippen molar-refractivity contribution in [2.45, 2.75) is 36.5 Å². The van der Waals surface area contributed by atoms with Crippen LogP contribution in [0, 0.1) is 5.92 Å². The third-order valence-corrected chi connectivity index (χ3v) is 9.08. The molecule has 0 aliphatic carbocycles. The first-order chi connectivity index (χ1) is 16.3. The minimum atomic E-state index is -3.66. The summed E-state index contributed by atoms with van der Waals surface area (Å²) in [6, 6.07) is 12.0. The molecule has 1 atom stereocenters. The van der Waals surface area contributed by atoms with Gasteiger partial charge >= 0.3 is 0 Å². The number of fused-ring (bicyclic) bond motifs is 1. The van der Waals surface area contributed by atoms with Crippen molar-refractivity contribution in [3.63, 3.8) is 0 Å². The summed E-state index contributed by atoms with van der Waals surface area (Å²) in [5, 5.41) is 2.83. The van der Waals surface area contributed by atoms with Gasteiger partial charge in [0.05, 0.1) is 22.9 Å². The summed E-state index contributed by atoms with van der Waals surface area (Å²) in [7, 11) is -3.66. The summed E-state index contributed by atoms with van der Waals surface area (Å²) < 4.78 is 33.3. The third-order valence-electron chi connectivity index (χ3n) is 5.86. The molecule has 4 rings (SSSR count). The van der Waals surface area contributed by atoms with Gasteiger partial charge in [-0.2, -0.15) is 4.31 Å². The maximum atomic E-state index is 13.2. The van der Waals surface area contributed by atoms with E-state index < -0.39 is 15.9 Å². The lowest BCUT2D eigenvalue weighted by Gasteiger charge is -2.25. The Labute approximate surface area is 204 Å². The second-order valence-electron chi connectivity index (χ2n) is 8.35. The lowest BCUT2D eigenvalue weighted by atomic mass is 10.1. The van der Waals surface area contributed by atoms with E-state index in [0.717, 1.165) is 17.7 Å².